The fraction of sp³-hybridized carbons (Fsp3) is 0.409. The van der Waals surface area contributed by atoms with Crippen molar-refractivity contribution in [2.75, 3.05) is 18.0 Å². The fourth-order valence-corrected chi connectivity index (χ4v) is 6.68. The van der Waals surface area contributed by atoms with E-state index in [-0.39, 0.29) is 34.2 Å². The van der Waals surface area contributed by atoms with Crippen LogP contribution >= 0.6 is 11.3 Å². The summed E-state index contributed by atoms with van der Waals surface area (Å²) in [6, 6.07) is 6.22. The average molecular weight is 565 g/mol. The standard InChI is InChI=1S/C22H19F3N8O3S2/c23-13-8-32(6-3-15(13)34)18-16-12-2-1-11(38(35,36)31-22(9-26)4-5-22)7-14(12)33(19(16)28-10-27-18)21-30-29-20(37-21)17(24)25/h1-2,7,10,13,15,17,31,34H,3-6,8H2/t13-,15+/m0/s1. The number of nitrogens with zero attached hydrogens (tertiary/aromatic N) is 7. The maximum atomic E-state index is 14.4. The first-order valence-corrected chi connectivity index (χ1v) is 13.9. The lowest BCUT2D eigenvalue weighted by Gasteiger charge is -2.33. The Bertz CT molecular complexity index is 1710. The molecule has 0 unspecified atom stereocenters. The van der Waals surface area contributed by atoms with Crippen LogP contribution < -0.4 is 9.62 Å². The van der Waals surface area contributed by atoms with E-state index in [0.717, 1.165) is 0 Å². The van der Waals surface area contributed by atoms with Gasteiger partial charge in [0.2, 0.25) is 15.2 Å². The van der Waals surface area contributed by atoms with Gasteiger partial charge in [0.25, 0.3) is 6.43 Å². The third-order valence-electron chi connectivity index (χ3n) is 6.72. The van der Waals surface area contributed by atoms with Gasteiger partial charge in [0.15, 0.2) is 10.7 Å². The number of hydrogen-bond donors (Lipinski definition) is 2. The smallest absolute Gasteiger partial charge is 0.291 e. The quantitative estimate of drug-likeness (QED) is 0.360. The number of fused-ring (bicyclic) bond motifs is 3. The molecule has 38 heavy (non-hydrogen) atoms. The highest BCUT2D eigenvalue weighted by atomic mass is 32.2. The van der Waals surface area contributed by atoms with Gasteiger partial charge < -0.3 is 10.0 Å². The van der Waals surface area contributed by atoms with E-state index in [0.29, 0.717) is 47.3 Å². The molecule has 0 spiro atoms. The van der Waals surface area contributed by atoms with E-state index in [4.69, 9.17) is 0 Å². The number of hydrogen-bond acceptors (Lipinski definition) is 10. The van der Waals surface area contributed by atoms with Crippen LogP contribution in [0.4, 0.5) is 19.0 Å². The number of aliphatic hydroxyl groups is 1. The molecule has 1 aliphatic carbocycles. The number of nitriles is 1. The molecule has 0 bridgehead atoms. The molecule has 2 N–H and O–H groups in total. The largest absolute Gasteiger partial charge is 0.390 e. The second-order valence-electron chi connectivity index (χ2n) is 9.25. The summed E-state index contributed by atoms with van der Waals surface area (Å²) in [4.78, 5) is 10.2. The predicted molar refractivity (Wildman–Crippen MR) is 130 cm³/mol. The normalized spacial score (nSPS) is 21.3. The fourth-order valence-electron chi connectivity index (χ4n) is 4.57. The molecule has 4 heterocycles. The van der Waals surface area contributed by atoms with Crippen molar-refractivity contribution in [3.8, 4) is 11.2 Å². The number of alkyl halides is 3. The first-order valence-electron chi connectivity index (χ1n) is 11.6. The molecule has 198 valence electrons. The van der Waals surface area contributed by atoms with E-state index in [1.807, 2.05) is 6.07 Å². The van der Waals surface area contributed by atoms with Crippen LogP contribution in [0.25, 0.3) is 27.1 Å². The van der Waals surface area contributed by atoms with Crippen LogP contribution in [-0.4, -0.2) is 69.2 Å². The molecule has 16 heteroatoms. The summed E-state index contributed by atoms with van der Waals surface area (Å²) in [6.45, 7) is 0.183. The molecule has 2 fully saturated rings. The van der Waals surface area contributed by atoms with Gasteiger partial charge in [-0.15, -0.1) is 10.2 Å². The Kier molecular flexibility index (Phi) is 5.79. The first kappa shape index (κ1) is 24.9. The first-order chi connectivity index (χ1) is 18.1. The van der Waals surface area contributed by atoms with Crippen molar-refractivity contribution in [3.05, 3.63) is 29.5 Å². The van der Waals surface area contributed by atoms with Gasteiger partial charge >= 0.3 is 0 Å². The van der Waals surface area contributed by atoms with Gasteiger partial charge in [0.1, 0.15) is 23.9 Å². The lowest BCUT2D eigenvalue weighted by atomic mass is 10.1. The molecule has 11 nitrogen and oxygen atoms in total. The molecule has 0 amide bonds. The van der Waals surface area contributed by atoms with Crippen molar-refractivity contribution in [2.24, 2.45) is 0 Å². The van der Waals surface area contributed by atoms with E-state index < -0.39 is 39.3 Å². The van der Waals surface area contributed by atoms with Crippen molar-refractivity contribution in [1.29, 1.82) is 5.26 Å². The highest BCUT2D eigenvalue weighted by Gasteiger charge is 2.47. The van der Waals surface area contributed by atoms with E-state index >= 15 is 0 Å². The van der Waals surface area contributed by atoms with E-state index in [1.165, 1.54) is 29.1 Å². The monoisotopic (exact) mass is 564 g/mol. The Hall–Kier alpha value is -3.39. The van der Waals surface area contributed by atoms with Crippen molar-refractivity contribution < 1.29 is 26.7 Å². The van der Waals surface area contributed by atoms with E-state index in [1.54, 1.807) is 4.90 Å². The van der Waals surface area contributed by atoms with Crippen LogP contribution in [0.5, 0.6) is 0 Å². The summed E-state index contributed by atoms with van der Waals surface area (Å²) in [5.41, 5.74) is -0.634. The predicted octanol–water partition coefficient (Wildman–Crippen LogP) is 2.61. The summed E-state index contributed by atoms with van der Waals surface area (Å²) < 4.78 is 71.2. The van der Waals surface area contributed by atoms with Crippen LogP contribution in [0.3, 0.4) is 0 Å². The minimum absolute atomic E-state index is 0.0283. The molecular formula is C22H19F3N8O3S2. The van der Waals surface area contributed by atoms with Crippen LogP contribution in [0.2, 0.25) is 0 Å². The number of sulfonamides is 1. The third kappa shape index (κ3) is 4.06. The number of halogens is 3. The Morgan fingerprint density at radius 2 is 2.05 bits per heavy atom. The minimum Gasteiger partial charge on any atom is -0.390 e. The molecule has 2 atom stereocenters. The summed E-state index contributed by atoms with van der Waals surface area (Å²) >= 11 is 0.623. The Labute approximate surface area is 217 Å². The molecule has 1 saturated carbocycles. The Balaban J connectivity index is 1.57. The average Bonchev–Trinajstić information content (AvgIpc) is 3.33. The number of anilines is 1. The summed E-state index contributed by atoms with van der Waals surface area (Å²) in [5, 5.41) is 27.1. The zero-order valence-electron chi connectivity index (χ0n) is 19.4. The number of nitrogens with one attached hydrogen (secondary N) is 1. The van der Waals surface area contributed by atoms with Crippen LogP contribution in [0.1, 0.15) is 30.7 Å². The second-order valence-corrected chi connectivity index (χ2v) is 11.9. The van der Waals surface area contributed by atoms with Gasteiger partial charge in [-0.2, -0.15) is 9.98 Å². The van der Waals surface area contributed by atoms with Crippen LogP contribution in [-0.2, 0) is 10.0 Å². The molecule has 6 rings (SSSR count). The van der Waals surface area contributed by atoms with Crippen LogP contribution in [0.15, 0.2) is 29.4 Å². The molecule has 4 aromatic rings. The molecular weight excluding hydrogens is 545 g/mol. The highest BCUT2D eigenvalue weighted by Crippen LogP contribution is 2.40. The highest BCUT2D eigenvalue weighted by molar-refractivity contribution is 7.89. The van der Waals surface area contributed by atoms with Crippen LogP contribution in [0, 0.1) is 11.3 Å². The molecule has 1 saturated heterocycles. The molecule has 1 aliphatic heterocycles. The topological polar surface area (TPSA) is 150 Å². The number of benzene rings is 1. The zero-order valence-corrected chi connectivity index (χ0v) is 21.1. The molecule has 3 aromatic heterocycles. The van der Waals surface area contributed by atoms with Crippen molar-refractivity contribution in [1.82, 2.24) is 29.5 Å². The third-order valence-corrected chi connectivity index (χ3v) is 9.17. The molecule has 0 radical (unpaired) electrons. The maximum Gasteiger partial charge on any atom is 0.291 e. The lowest BCUT2D eigenvalue weighted by Crippen LogP contribution is -2.45. The van der Waals surface area contributed by atoms with Gasteiger partial charge in [0, 0.05) is 11.9 Å². The van der Waals surface area contributed by atoms with Gasteiger partial charge in [0.05, 0.1) is 34.5 Å². The van der Waals surface area contributed by atoms with Gasteiger partial charge in [-0.05, 0) is 31.4 Å². The number of aromatic nitrogens is 5. The summed E-state index contributed by atoms with van der Waals surface area (Å²) in [5.74, 6) is 0.349. The Morgan fingerprint density at radius 1 is 1.26 bits per heavy atom. The zero-order chi connectivity index (χ0) is 26.8. The maximum absolute atomic E-state index is 14.4. The SMILES string of the molecule is N#CC1(NS(=O)(=O)c2ccc3c4c(N5CC[C@@H](O)[C@@H](F)C5)ncnc4n(-c4nnc(C(F)F)s4)c3c2)CC1. The Morgan fingerprint density at radius 3 is 2.71 bits per heavy atom. The summed E-state index contributed by atoms with van der Waals surface area (Å²) in [7, 11) is -4.11. The molecule has 1 aromatic carbocycles. The van der Waals surface area contributed by atoms with Gasteiger partial charge in [-0.3, -0.25) is 4.57 Å². The van der Waals surface area contributed by atoms with Crippen molar-refractivity contribution >= 4 is 49.1 Å². The second kappa shape index (κ2) is 8.83. The number of aliphatic hydroxyl groups excluding tert-OH is 1. The van der Waals surface area contributed by atoms with Crippen molar-refractivity contribution in [2.45, 2.75) is 48.4 Å². The lowest BCUT2D eigenvalue weighted by molar-refractivity contribution is 0.0614. The van der Waals surface area contributed by atoms with Crippen molar-refractivity contribution in [3.63, 3.8) is 0 Å². The van der Waals surface area contributed by atoms with Gasteiger partial charge in [-0.25, -0.2) is 31.6 Å². The van der Waals surface area contributed by atoms with Gasteiger partial charge in [-0.1, -0.05) is 17.4 Å². The number of piperidine rings is 1. The number of rotatable bonds is 6. The van der Waals surface area contributed by atoms with E-state index in [2.05, 4.69) is 24.9 Å². The van der Waals surface area contributed by atoms with E-state index in [9.17, 15) is 32.0 Å². The minimum atomic E-state index is -4.11. The summed E-state index contributed by atoms with van der Waals surface area (Å²) in [6.07, 6.45) is -3.25. The molecule has 2 aliphatic rings.